The van der Waals surface area contributed by atoms with Gasteiger partial charge in [-0.05, 0) is 68.3 Å². The summed E-state index contributed by atoms with van der Waals surface area (Å²) in [6.45, 7) is 5.82. The van der Waals surface area contributed by atoms with E-state index in [1.807, 2.05) is 26.0 Å². The summed E-state index contributed by atoms with van der Waals surface area (Å²) in [4.78, 5) is 20.4. The fraction of sp³-hybridized carbons (Fsp3) is 0.154. The van der Waals surface area contributed by atoms with Crippen LogP contribution in [0.3, 0.4) is 0 Å². The maximum atomic E-state index is 13.4. The molecule has 7 heteroatoms. The Morgan fingerprint density at radius 2 is 1.82 bits per heavy atom. The molecule has 0 atom stereocenters. The molecule has 1 amide bonds. The van der Waals surface area contributed by atoms with Gasteiger partial charge in [-0.1, -0.05) is 6.07 Å². The minimum absolute atomic E-state index is 0. The summed E-state index contributed by atoms with van der Waals surface area (Å²) in [5.41, 5.74) is 5.26. The SMILES string of the molecule is Cc1cc(-c2cc(Oc3cccc(C(=O)NCc4cc(F)cc(F)c4)c3C)ccn2)[nH]c1C.[HH].[HH]. The van der Waals surface area contributed by atoms with E-state index in [1.165, 1.54) is 12.1 Å². The molecule has 0 radical (unpaired) electrons. The van der Waals surface area contributed by atoms with Crippen LogP contribution in [0.4, 0.5) is 8.78 Å². The second kappa shape index (κ2) is 9.24. The third kappa shape index (κ3) is 5.09. The van der Waals surface area contributed by atoms with Crippen LogP contribution in [-0.2, 0) is 6.54 Å². The molecule has 2 heterocycles. The van der Waals surface area contributed by atoms with E-state index >= 15 is 0 Å². The first-order chi connectivity index (χ1) is 15.8. The van der Waals surface area contributed by atoms with Gasteiger partial charge in [-0.3, -0.25) is 9.78 Å². The van der Waals surface area contributed by atoms with E-state index in [0.29, 0.717) is 28.2 Å². The molecule has 0 bridgehead atoms. The summed E-state index contributed by atoms with van der Waals surface area (Å²) >= 11 is 0. The average molecular weight is 452 g/mol. The number of nitrogens with one attached hydrogen (secondary N) is 2. The molecular formula is C26H27F2N3O2. The molecular weight excluding hydrogens is 424 g/mol. The zero-order valence-electron chi connectivity index (χ0n) is 18.5. The Bertz CT molecular complexity index is 1300. The lowest BCUT2D eigenvalue weighted by molar-refractivity contribution is 0.0950. The van der Waals surface area contributed by atoms with Crippen LogP contribution >= 0.6 is 0 Å². The van der Waals surface area contributed by atoms with Crippen molar-refractivity contribution in [2.45, 2.75) is 27.3 Å². The van der Waals surface area contributed by atoms with Crippen LogP contribution in [0.15, 0.2) is 60.8 Å². The van der Waals surface area contributed by atoms with Crippen molar-refractivity contribution in [3.05, 3.63) is 100 Å². The molecule has 2 aromatic carbocycles. The number of hydrogen-bond acceptors (Lipinski definition) is 3. The van der Waals surface area contributed by atoms with Crippen molar-refractivity contribution in [3.8, 4) is 22.9 Å². The summed E-state index contributed by atoms with van der Waals surface area (Å²) in [6, 6.07) is 13.9. The molecule has 33 heavy (non-hydrogen) atoms. The fourth-order valence-electron chi connectivity index (χ4n) is 3.51. The maximum absolute atomic E-state index is 13.4. The smallest absolute Gasteiger partial charge is 0.251 e. The van der Waals surface area contributed by atoms with E-state index < -0.39 is 11.6 Å². The van der Waals surface area contributed by atoms with Gasteiger partial charge in [0.25, 0.3) is 5.91 Å². The minimum Gasteiger partial charge on any atom is -0.457 e. The number of hydrogen-bond donors (Lipinski definition) is 2. The molecule has 0 spiro atoms. The number of benzene rings is 2. The minimum atomic E-state index is -0.688. The number of ether oxygens (including phenoxy) is 1. The summed E-state index contributed by atoms with van der Waals surface area (Å²) in [6.07, 6.45) is 1.67. The number of aromatic nitrogens is 2. The van der Waals surface area contributed by atoms with Crippen LogP contribution in [0, 0.1) is 32.4 Å². The molecule has 0 saturated carbocycles. The topological polar surface area (TPSA) is 67.0 Å². The summed E-state index contributed by atoms with van der Waals surface area (Å²) < 4.78 is 32.8. The number of carbonyl (C=O) groups excluding carboxylic acids is 1. The van der Waals surface area contributed by atoms with Crippen molar-refractivity contribution >= 4 is 5.91 Å². The first-order valence-electron chi connectivity index (χ1n) is 10.4. The van der Waals surface area contributed by atoms with Crippen LogP contribution in [0.2, 0.25) is 0 Å². The molecule has 0 fully saturated rings. The lowest BCUT2D eigenvalue weighted by Gasteiger charge is -2.13. The molecule has 2 N–H and O–H groups in total. The van der Waals surface area contributed by atoms with Gasteiger partial charge in [0.1, 0.15) is 23.1 Å². The highest BCUT2D eigenvalue weighted by atomic mass is 19.1. The van der Waals surface area contributed by atoms with E-state index in [4.69, 9.17) is 4.74 Å². The second-order valence-corrected chi connectivity index (χ2v) is 7.86. The molecule has 0 aliphatic carbocycles. The Labute approximate surface area is 193 Å². The quantitative estimate of drug-likeness (QED) is 0.352. The standard InChI is InChI=1S/C26H23F2N3O2.2H2/c1-15-9-24(31-17(15)3)23-13-21(7-8-29-23)33-25-6-4-5-22(16(25)2)26(32)30-14-18-10-19(27)12-20(28)11-18;;/h4-13,31H,14H2,1-3H3,(H,30,32);2*1H. The summed E-state index contributed by atoms with van der Waals surface area (Å²) in [7, 11) is 0. The largest absolute Gasteiger partial charge is 0.457 e. The zero-order valence-corrected chi connectivity index (χ0v) is 18.5. The van der Waals surface area contributed by atoms with Gasteiger partial charge < -0.3 is 15.0 Å². The Kier molecular flexibility index (Phi) is 6.22. The number of aryl methyl sites for hydroxylation is 2. The molecule has 5 nitrogen and oxygen atoms in total. The van der Waals surface area contributed by atoms with Crippen LogP contribution in [-0.4, -0.2) is 15.9 Å². The van der Waals surface area contributed by atoms with Gasteiger partial charge >= 0.3 is 0 Å². The summed E-state index contributed by atoms with van der Waals surface area (Å²) in [5.74, 6) is -0.633. The number of rotatable bonds is 6. The highest BCUT2D eigenvalue weighted by Gasteiger charge is 2.14. The van der Waals surface area contributed by atoms with Gasteiger partial charge in [0.05, 0.1) is 11.4 Å². The predicted octanol–water partition coefficient (Wildman–Crippen LogP) is 6.49. The van der Waals surface area contributed by atoms with Crippen molar-refractivity contribution in [1.82, 2.24) is 15.3 Å². The van der Waals surface area contributed by atoms with E-state index in [-0.39, 0.29) is 15.3 Å². The third-order valence-corrected chi connectivity index (χ3v) is 5.41. The van der Waals surface area contributed by atoms with Crippen molar-refractivity contribution in [2.24, 2.45) is 0 Å². The van der Waals surface area contributed by atoms with Crippen molar-refractivity contribution < 1.29 is 21.2 Å². The molecule has 4 rings (SSSR count). The molecule has 172 valence electrons. The number of halogens is 2. The van der Waals surface area contributed by atoms with E-state index in [2.05, 4.69) is 15.3 Å². The molecule has 0 aliphatic rings. The van der Waals surface area contributed by atoms with Gasteiger partial charge in [0.15, 0.2) is 0 Å². The van der Waals surface area contributed by atoms with Gasteiger partial charge in [-0.2, -0.15) is 0 Å². The Balaban J connectivity index is 0.00000216. The number of aromatic amines is 1. The molecule has 0 unspecified atom stereocenters. The first-order valence-corrected chi connectivity index (χ1v) is 10.4. The number of amides is 1. The Morgan fingerprint density at radius 1 is 1.06 bits per heavy atom. The molecule has 4 aromatic rings. The van der Waals surface area contributed by atoms with E-state index in [1.54, 1.807) is 37.4 Å². The van der Waals surface area contributed by atoms with Gasteiger partial charge in [-0.15, -0.1) is 0 Å². The Hall–Kier alpha value is -4.00. The number of nitrogens with zero attached hydrogens (tertiary/aromatic N) is 1. The lowest BCUT2D eigenvalue weighted by atomic mass is 10.1. The fourth-order valence-corrected chi connectivity index (χ4v) is 3.51. The van der Waals surface area contributed by atoms with E-state index in [9.17, 15) is 13.6 Å². The zero-order chi connectivity index (χ0) is 23.5. The first kappa shape index (κ1) is 22.2. The highest BCUT2D eigenvalue weighted by molar-refractivity contribution is 5.96. The van der Waals surface area contributed by atoms with E-state index in [0.717, 1.165) is 28.7 Å². The highest BCUT2D eigenvalue weighted by Crippen LogP contribution is 2.29. The van der Waals surface area contributed by atoms with Crippen molar-refractivity contribution in [3.63, 3.8) is 0 Å². The Morgan fingerprint density at radius 3 is 2.52 bits per heavy atom. The van der Waals surface area contributed by atoms with Gasteiger partial charge in [0, 0.05) is 44.5 Å². The molecule has 2 aromatic heterocycles. The number of pyridine rings is 1. The maximum Gasteiger partial charge on any atom is 0.251 e. The van der Waals surface area contributed by atoms with Crippen LogP contribution in [0.5, 0.6) is 11.5 Å². The van der Waals surface area contributed by atoms with Crippen LogP contribution in [0.25, 0.3) is 11.4 Å². The second-order valence-electron chi connectivity index (χ2n) is 7.86. The predicted molar refractivity (Wildman–Crippen MR) is 127 cm³/mol. The third-order valence-electron chi connectivity index (χ3n) is 5.41. The van der Waals surface area contributed by atoms with Gasteiger partial charge in [0.2, 0.25) is 0 Å². The summed E-state index contributed by atoms with van der Waals surface area (Å²) in [5, 5.41) is 2.70. The van der Waals surface area contributed by atoms with Crippen LogP contribution < -0.4 is 10.1 Å². The van der Waals surface area contributed by atoms with Gasteiger partial charge in [-0.25, -0.2) is 8.78 Å². The lowest BCUT2D eigenvalue weighted by Crippen LogP contribution is -2.23. The molecule has 0 aliphatic heterocycles. The monoisotopic (exact) mass is 451 g/mol. The van der Waals surface area contributed by atoms with Crippen molar-refractivity contribution in [1.29, 1.82) is 0 Å². The number of carbonyl (C=O) groups is 1. The number of H-pyrrole nitrogens is 1. The molecule has 0 saturated heterocycles. The van der Waals surface area contributed by atoms with Crippen molar-refractivity contribution in [2.75, 3.05) is 0 Å². The average Bonchev–Trinajstić information content (AvgIpc) is 3.11. The van der Waals surface area contributed by atoms with Crippen LogP contribution in [0.1, 0.15) is 35.6 Å². The normalized spacial score (nSPS) is 10.8.